The molecule has 0 radical (unpaired) electrons. The van der Waals surface area contributed by atoms with Crippen molar-refractivity contribution in [1.82, 2.24) is 4.98 Å². The van der Waals surface area contributed by atoms with Crippen LogP contribution in [0.1, 0.15) is 29.5 Å². The summed E-state index contributed by atoms with van der Waals surface area (Å²) in [6, 6.07) is 8.23. The van der Waals surface area contributed by atoms with Gasteiger partial charge in [-0.2, -0.15) is 13.2 Å². The number of carbonyl (C=O) groups is 1. The maximum atomic E-state index is 13.3. The number of amides is 1. The zero-order valence-corrected chi connectivity index (χ0v) is 16.3. The van der Waals surface area contributed by atoms with Gasteiger partial charge in [0.15, 0.2) is 0 Å². The average Bonchev–Trinajstić information content (AvgIpc) is 2.65. The summed E-state index contributed by atoms with van der Waals surface area (Å²) in [5, 5.41) is 0. The van der Waals surface area contributed by atoms with E-state index < -0.39 is 11.7 Å². The Balaban J connectivity index is 1.81. The monoisotopic (exact) mass is 391 g/mol. The van der Waals surface area contributed by atoms with Crippen LogP contribution < -0.4 is 9.80 Å². The molecule has 7 heteroatoms. The maximum Gasteiger partial charge on any atom is 0.419 e. The molecule has 1 aromatic carbocycles. The number of rotatable bonds is 3. The number of aromatic nitrogens is 1. The van der Waals surface area contributed by atoms with Gasteiger partial charge < -0.3 is 9.80 Å². The minimum absolute atomic E-state index is 0.0841. The van der Waals surface area contributed by atoms with Crippen LogP contribution in [0, 0.1) is 19.8 Å². The molecule has 1 aromatic heterocycles. The SMILES string of the molecule is Cc1cc(C)cc(N(C)C(=O)C2CCCN(c3ncccc3C(F)(F)F)C2)c1. The number of pyridine rings is 1. The van der Waals surface area contributed by atoms with Gasteiger partial charge in [0.05, 0.1) is 11.5 Å². The lowest BCUT2D eigenvalue weighted by Gasteiger charge is -2.35. The van der Waals surface area contributed by atoms with Crippen molar-refractivity contribution in [3.05, 3.63) is 53.2 Å². The number of nitrogens with zero attached hydrogens (tertiary/aromatic N) is 3. The molecule has 0 aliphatic carbocycles. The third kappa shape index (κ3) is 4.29. The summed E-state index contributed by atoms with van der Waals surface area (Å²) in [6.07, 6.45) is -1.82. The number of halogens is 3. The summed E-state index contributed by atoms with van der Waals surface area (Å²) < 4.78 is 40.0. The molecule has 1 aliphatic heterocycles. The Labute approximate surface area is 163 Å². The highest BCUT2D eigenvalue weighted by Crippen LogP contribution is 2.36. The Morgan fingerprint density at radius 2 is 1.89 bits per heavy atom. The van der Waals surface area contributed by atoms with E-state index in [-0.39, 0.29) is 24.2 Å². The van der Waals surface area contributed by atoms with E-state index in [1.165, 1.54) is 12.3 Å². The van der Waals surface area contributed by atoms with E-state index in [2.05, 4.69) is 4.98 Å². The predicted molar refractivity (Wildman–Crippen MR) is 104 cm³/mol. The van der Waals surface area contributed by atoms with Crippen LogP contribution in [-0.2, 0) is 11.0 Å². The average molecular weight is 391 g/mol. The molecule has 0 N–H and O–H groups in total. The lowest BCUT2D eigenvalue weighted by molar-refractivity contribution is -0.137. The van der Waals surface area contributed by atoms with E-state index in [0.29, 0.717) is 19.4 Å². The van der Waals surface area contributed by atoms with Gasteiger partial charge in [-0.1, -0.05) is 6.07 Å². The number of aryl methyl sites for hydroxylation is 2. The van der Waals surface area contributed by atoms with E-state index >= 15 is 0 Å². The van der Waals surface area contributed by atoms with Gasteiger partial charge in [-0.25, -0.2) is 4.98 Å². The Morgan fingerprint density at radius 3 is 2.54 bits per heavy atom. The zero-order valence-electron chi connectivity index (χ0n) is 16.3. The van der Waals surface area contributed by atoms with Crippen molar-refractivity contribution < 1.29 is 18.0 Å². The molecule has 0 bridgehead atoms. The number of anilines is 2. The fourth-order valence-electron chi connectivity index (χ4n) is 3.79. The second kappa shape index (κ2) is 7.81. The minimum atomic E-state index is -4.48. The van der Waals surface area contributed by atoms with Crippen LogP contribution in [0.3, 0.4) is 0 Å². The second-order valence-corrected chi connectivity index (χ2v) is 7.40. The fraction of sp³-hybridized carbons (Fsp3) is 0.429. The molecule has 2 aromatic rings. The van der Waals surface area contributed by atoms with E-state index in [0.717, 1.165) is 22.9 Å². The summed E-state index contributed by atoms with van der Waals surface area (Å²) in [7, 11) is 1.72. The third-order valence-corrected chi connectivity index (χ3v) is 5.09. The number of piperidine rings is 1. The molecule has 28 heavy (non-hydrogen) atoms. The maximum absolute atomic E-state index is 13.3. The molecule has 3 rings (SSSR count). The summed E-state index contributed by atoms with van der Waals surface area (Å²) in [6.45, 7) is 4.62. The second-order valence-electron chi connectivity index (χ2n) is 7.40. The molecule has 1 amide bonds. The van der Waals surface area contributed by atoms with Crippen LogP contribution in [0.15, 0.2) is 36.5 Å². The van der Waals surface area contributed by atoms with Gasteiger partial charge in [-0.3, -0.25) is 4.79 Å². The van der Waals surface area contributed by atoms with Crippen LogP contribution in [0.4, 0.5) is 24.7 Å². The first-order chi connectivity index (χ1) is 13.2. The Morgan fingerprint density at radius 1 is 1.21 bits per heavy atom. The van der Waals surface area contributed by atoms with E-state index in [1.54, 1.807) is 16.8 Å². The van der Waals surface area contributed by atoms with Gasteiger partial charge in [0.1, 0.15) is 5.82 Å². The van der Waals surface area contributed by atoms with Crippen molar-refractivity contribution in [3.8, 4) is 0 Å². The molecular weight excluding hydrogens is 367 g/mol. The van der Waals surface area contributed by atoms with Crippen molar-refractivity contribution in [2.75, 3.05) is 29.9 Å². The molecular formula is C21H24F3N3O. The van der Waals surface area contributed by atoms with Crippen LogP contribution in [0.2, 0.25) is 0 Å². The highest BCUT2D eigenvalue weighted by Gasteiger charge is 2.37. The Hall–Kier alpha value is -2.57. The van der Waals surface area contributed by atoms with E-state index in [4.69, 9.17) is 0 Å². The first kappa shape index (κ1) is 20.2. The number of carbonyl (C=O) groups excluding carboxylic acids is 1. The van der Waals surface area contributed by atoms with Crippen molar-refractivity contribution in [3.63, 3.8) is 0 Å². The van der Waals surface area contributed by atoms with Crippen LogP contribution in [0.25, 0.3) is 0 Å². The Bertz CT molecular complexity index is 846. The molecule has 4 nitrogen and oxygen atoms in total. The van der Waals surface area contributed by atoms with Gasteiger partial charge in [0.2, 0.25) is 5.91 Å². The molecule has 1 unspecified atom stereocenters. The number of alkyl halides is 3. The van der Waals surface area contributed by atoms with Gasteiger partial charge in [-0.05, 0) is 62.1 Å². The molecule has 1 fully saturated rings. The highest BCUT2D eigenvalue weighted by atomic mass is 19.4. The van der Waals surface area contributed by atoms with Crippen LogP contribution in [-0.4, -0.2) is 31.0 Å². The first-order valence-electron chi connectivity index (χ1n) is 9.30. The minimum Gasteiger partial charge on any atom is -0.355 e. The largest absolute Gasteiger partial charge is 0.419 e. The summed E-state index contributed by atoms with van der Waals surface area (Å²) in [4.78, 5) is 20.2. The first-order valence-corrected chi connectivity index (χ1v) is 9.30. The van der Waals surface area contributed by atoms with Gasteiger partial charge in [0, 0.05) is 32.0 Å². The van der Waals surface area contributed by atoms with Gasteiger partial charge >= 0.3 is 6.18 Å². The lowest BCUT2D eigenvalue weighted by Crippen LogP contribution is -2.44. The lowest BCUT2D eigenvalue weighted by atomic mass is 9.95. The molecule has 1 saturated heterocycles. The fourth-order valence-corrected chi connectivity index (χ4v) is 3.79. The van der Waals surface area contributed by atoms with Crippen LogP contribution >= 0.6 is 0 Å². The highest BCUT2D eigenvalue weighted by molar-refractivity contribution is 5.95. The van der Waals surface area contributed by atoms with Crippen molar-refractivity contribution >= 4 is 17.4 Å². The molecule has 0 spiro atoms. The molecule has 1 atom stereocenters. The summed E-state index contributed by atoms with van der Waals surface area (Å²) in [5.41, 5.74) is 2.16. The molecule has 0 saturated carbocycles. The third-order valence-electron chi connectivity index (χ3n) is 5.09. The van der Waals surface area contributed by atoms with Gasteiger partial charge in [0.25, 0.3) is 0 Å². The molecule has 1 aliphatic rings. The van der Waals surface area contributed by atoms with Crippen molar-refractivity contribution in [2.24, 2.45) is 5.92 Å². The standard InChI is InChI=1S/C21H24F3N3O/c1-14-10-15(2)12-17(11-14)26(3)20(28)16-6-5-9-27(13-16)19-18(21(22,23)24)7-4-8-25-19/h4,7-8,10-12,16H,5-6,9,13H2,1-3H3. The Kier molecular flexibility index (Phi) is 5.63. The quantitative estimate of drug-likeness (QED) is 0.768. The van der Waals surface area contributed by atoms with E-state index in [9.17, 15) is 18.0 Å². The van der Waals surface area contributed by atoms with Crippen molar-refractivity contribution in [2.45, 2.75) is 32.9 Å². The summed E-state index contributed by atoms with van der Waals surface area (Å²) >= 11 is 0. The van der Waals surface area contributed by atoms with E-state index in [1.807, 2.05) is 32.0 Å². The topological polar surface area (TPSA) is 36.4 Å². The molecule has 150 valence electrons. The van der Waals surface area contributed by atoms with Crippen LogP contribution in [0.5, 0.6) is 0 Å². The number of hydrogen-bond donors (Lipinski definition) is 0. The summed E-state index contributed by atoms with van der Waals surface area (Å²) in [5.74, 6) is -0.552. The molecule has 2 heterocycles. The zero-order chi connectivity index (χ0) is 20.5. The smallest absolute Gasteiger partial charge is 0.355 e. The predicted octanol–water partition coefficient (Wildman–Crippen LogP) is 4.60. The van der Waals surface area contributed by atoms with Gasteiger partial charge in [-0.15, -0.1) is 0 Å². The number of hydrogen-bond acceptors (Lipinski definition) is 3. The van der Waals surface area contributed by atoms with Crippen molar-refractivity contribution in [1.29, 1.82) is 0 Å². The number of benzene rings is 1. The normalized spacial score (nSPS) is 17.5.